The Labute approximate surface area is 94.1 Å². The van der Waals surface area contributed by atoms with Crippen LogP contribution in [-0.4, -0.2) is 10.8 Å². The van der Waals surface area contributed by atoms with Crippen molar-refractivity contribution in [3.05, 3.63) is 29.1 Å². The third-order valence-electron chi connectivity index (χ3n) is 2.41. The molecule has 1 aliphatic rings. The molecule has 1 aliphatic carbocycles. The topological polar surface area (TPSA) is 73.0 Å². The van der Waals surface area contributed by atoms with Crippen LogP contribution in [0.4, 0.5) is 0 Å². The van der Waals surface area contributed by atoms with Crippen LogP contribution in [0.15, 0.2) is 17.4 Å². The van der Waals surface area contributed by atoms with Crippen LogP contribution in [0.5, 0.6) is 0 Å². The van der Waals surface area contributed by atoms with Crippen molar-refractivity contribution in [2.45, 2.75) is 19.8 Å². The van der Waals surface area contributed by atoms with Crippen molar-refractivity contribution >= 4 is 5.84 Å². The average Bonchev–Trinajstić information content (AvgIpc) is 3.09. The first kappa shape index (κ1) is 10.5. The molecule has 4 heteroatoms. The molecule has 2 rings (SSSR count). The lowest BCUT2D eigenvalue weighted by Crippen LogP contribution is -2.01. The molecule has 0 spiro atoms. The van der Waals surface area contributed by atoms with Gasteiger partial charge in [0.2, 0.25) is 0 Å². The van der Waals surface area contributed by atoms with Crippen LogP contribution in [0.25, 0.3) is 0 Å². The molecule has 16 heavy (non-hydrogen) atoms. The lowest BCUT2D eigenvalue weighted by atomic mass is 10.1. The maximum atomic E-state index is 7.42. The molecule has 1 saturated carbocycles. The van der Waals surface area contributed by atoms with Crippen molar-refractivity contribution < 1.29 is 0 Å². The summed E-state index contributed by atoms with van der Waals surface area (Å²) in [5, 5.41) is 10.5. The predicted octanol–water partition coefficient (Wildman–Crippen LogP) is 2.51. The fourth-order valence-corrected chi connectivity index (χ4v) is 1.36. The van der Waals surface area contributed by atoms with Crippen molar-refractivity contribution in [2.24, 2.45) is 11.0 Å². The minimum Gasteiger partial charge on any atom is -0.279 e. The summed E-state index contributed by atoms with van der Waals surface area (Å²) in [6.07, 6.45) is 4.05. The van der Waals surface area contributed by atoms with Gasteiger partial charge in [-0.2, -0.15) is 0 Å². The number of rotatable bonds is 1. The fourth-order valence-electron chi connectivity index (χ4n) is 1.36. The van der Waals surface area contributed by atoms with Gasteiger partial charge in [0.25, 0.3) is 0 Å². The number of amidine groups is 1. The Morgan fingerprint density at radius 3 is 2.88 bits per heavy atom. The molecule has 0 unspecified atom stereocenters. The third kappa shape index (κ3) is 2.31. The van der Waals surface area contributed by atoms with Gasteiger partial charge in [0, 0.05) is 17.7 Å². The van der Waals surface area contributed by atoms with Crippen molar-refractivity contribution in [1.82, 2.24) is 4.98 Å². The molecular formula is C12H12N4. The van der Waals surface area contributed by atoms with Crippen LogP contribution in [0.2, 0.25) is 0 Å². The van der Waals surface area contributed by atoms with Gasteiger partial charge in [-0.3, -0.25) is 10.4 Å². The Hall–Kier alpha value is -2.02. The summed E-state index contributed by atoms with van der Waals surface area (Å²) in [6.45, 7) is 1.85. The molecule has 4 nitrogen and oxygen atoms in total. The van der Waals surface area contributed by atoms with Gasteiger partial charge in [-0.15, -0.1) is 5.11 Å². The number of nitrogens with one attached hydrogen (secondary N) is 2. The quantitative estimate of drug-likeness (QED) is 0.319. The van der Waals surface area contributed by atoms with E-state index in [2.05, 4.69) is 21.9 Å². The molecule has 1 aromatic rings. The van der Waals surface area contributed by atoms with Gasteiger partial charge in [0.15, 0.2) is 5.84 Å². The van der Waals surface area contributed by atoms with E-state index in [0.29, 0.717) is 11.6 Å². The van der Waals surface area contributed by atoms with E-state index in [-0.39, 0.29) is 5.84 Å². The minimum atomic E-state index is -0.112. The zero-order valence-corrected chi connectivity index (χ0v) is 9.04. The molecule has 0 radical (unpaired) electrons. The van der Waals surface area contributed by atoms with Crippen molar-refractivity contribution in [3.63, 3.8) is 0 Å². The van der Waals surface area contributed by atoms with Gasteiger partial charge in [0.05, 0.1) is 0 Å². The van der Waals surface area contributed by atoms with E-state index < -0.39 is 0 Å². The summed E-state index contributed by atoms with van der Waals surface area (Å²) in [6, 6.07) is 1.89. The van der Waals surface area contributed by atoms with E-state index in [1.54, 1.807) is 6.20 Å². The highest BCUT2D eigenvalue weighted by Gasteiger charge is 2.17. The maximum absolute atomic E-state index is 7.42. The first-order valence-corrected chi connectivity index (χ1v) is 5.15. The number of hydrogen-bond donors (Lipinski definition) is 2. The molecule has 1 fully saturated rings. The van der Waals surface area contributed by atoms with E-state index in [9.17, 15) is 0 Å². The average molecular weight is 212 g/mol. The molecule has 0 bridgehead atoms. The van der Waals surface area contributed by atoms with Crippen LogP contribution in [0.3, 0.4) is 0 Å². The SMILES string of the molecule is Cc1cc(C#CC2CC2)cnc1C(=N)N=N. The molecular weight excluding hydrogens is 200 g/mol. The Balaban J connectivity index is 2.25. The zero-order chi connectivity index (χ0) is 11.5. The standard InChI is InChI=1S/C12H12N4/c1-8-6-10(5-4-9-2-3-9)7-15-11(8)12(13)16-14/h6-7,9,13-14H,2-3H2,1H3. The second-order valence-electron chi connectivity index (χ2n) is 3.89. The molecule has 0 aliphatic heterocycles. The lowest BCUT2D eigenvalue weighted by molar-refractivity contribution is 1.12. The molecule has 0 atom stereocenters. The number of aryl methyl sites for hydroxylation is 1. The number of nitrogens with zero attached hydrogens (tertiary/aromatic N) is 2. The highest BCUT2D eigenvalue weighted by molar-refractivity contribution is 5.95. The van der Waals surface area contributed by atoms with E-state index in [4.69, 9.17) is 10.9 Å². The van der Waals surface area contributed by atoms with Gasteiger partial charge in [-0.25, -0.2) is 5.53 Å². The summed E-state index contributed by atoms with van der Waals surface area (Å²) in [4.78, 5) is 4.11. The van der Waals surface area contributed by atoms with E-state index in [0.717, 1.165) is 11.1 Å². The van der Waals surface area contributed by atoms with Gasteiger partial charge < -0.3 is 0 Å². The second-order valence-corrected chi connectivity index (χ2v) is 3.89. The molecule has 1 heterocycles. The van der Waals surface area contributed by atoms with E-state index in [1.165, 1.54) is 12.8 Å². The summed E-state index contributed by atoms with van der Waals surface area (Å²) in [5.74, 6) is 6.69. The van der Waals surface area contributed by atoms with Crippen LogP contribution >= 0.6 is 0 Å². The normalized spacial score (nSPS) is 13.8. The summed E-state index contributed by atoms with van der Waals surface area (Å²) < 4.78 is 0. The first-order valence-electron chi connectivity index (χ1n) is 5.15. The molecule has 80 valence electrons. The van der Waals surface area contributed by atoms with Crippen LogP contribution < -0.4 is 0 Å². The highest BCUT2D eigenvalue weighted by atomic mass is 15.0. The van der Waals surface area contributed by atoms with Crippen molar-refractivity contribution in [3.8, 4) is 11.8 Å². The molecule has 0 amide bonds. The molecule has 0 saturated heterocycles. The Morgan fingerprint density at radius 2 is 2.31 bits per heavy atom. The van der Waals surface area contributed by atoms with Gasteiger partial charge in [0.1, 0.15) is 5.69 Å². The van der Waals surface area contributed by atoms with Gasteiger partial charge in [-0.05, 0) is 31.4 Å². The summed E-state index contributed by atoms with van der Waals surface area (Å²) in [5.41, 5.74) is 8.93. The summed E-state index contributed by atoms with van der Waals surface area (Å²) in [7, 11) is 0. The monoisotopic (exact) mass is 212 g/mol. The van der Waals surface area contributed by atoms with Gasteiger partial charge in [-0.1, -0.05) is 11.8 Å². The Morgan fingerprint density at radius 1 is 1.56 bits per heavy atom. The first-order chi connectivity index (χ1) is 7.70. The van der Waals surface area contributed by atoms with Crippen molar-refractivity contribution in [1.29, 1.82) is 10.9 Å². The maximum Gasteiger partial charge on any atom is 0.192 e. The number of hydrogen-bond acceptors (Lipinski definition) is 3. The molecule has 1 aromatic heterocycles. The molecule has 0 aromatic carbocycles. The zero-order valence-electron chi connectivity index (χ0n) is 9.04. The second kappa shape index (κ2) is 4.23. The third-order valence-corrected chi connectivity index (χ3v) is 2.41. The van der Waals surface area contributed by atoms with Crippen molar-refractivity contribution in [2.75, 3.05) is 0 Å². The molecule has 2 N–H and O–H groups in total. The fraction of sp³-hybridized carbons (Fsp3) is 0.333. The van der Waals surface area contributed by atoms with Crippen LogP contribution in [0, 0.1) is 35.6 Å². The highest BCUT2D eigenvalue weighted by Crippen LogP contribution is 2.27. The number of aromatic nitrogens is 1. The van der Waals surface area contributed by atoms with Gasteiger partial charge >= 0.3 is 0 Å². The largest absolute Gasteiger partial charge is 0.279 e. The Kier molecular flexibility index (Phi) is 2.78. The van der Waals surface area contributed by atoms with Crippen LogP contribution in [-0.2, 0) is 0 Å². The smallest absolute Gasteiger partial charge is 0.192 e. The Bertz CT molecular complexity index is 503. The minimum absolute atomic E-state index is 0.112. The number of pyridine rings is 1. The van der Waals surface area contributed by atoms with E-state index >= 15 is 0 Å². The van der Waals surface area contributed by atoms with E-state index in [1.807, 2.05) is 13.0 Å². The predicted molar refractivity (Wildman–Crippen MR) is 60.6 cm³/mol. The summed E-state index contributed by atoms with van der Waals surface area (Å²) >= 11 is 0. The lowest BCUT2D eigenvalue weighted by Gasteiger charge is -2.01. The van der Waals surface area contributed by atoms with Crippen LogP contribution in [0.1, 0.15) is 29.7 Å².